The molecule has 0 rings (SSSR count). The second kappa shape index (κ2) is 6.06. The van der Waals surface area contributed by atoms with Crippen LogP contribution < -0.4 is 5.73 Å². The van der Waals surface area contributed by atoms with E-state index in [2.05, 4.69) is 4.74 Å². The summed E-state index contributed by atoms with van der Waals surface area (Å²) in [4.78, 5) is 19.2. The SMILES string of the molecule is CCOC(=O)[C@@H](N)CC[P+](=O)O. The highest BCUT2D eigenvalue weighted by Gasteiger charge is 2.19. The second-order valence-electron chi connectivity index (χ2n) is 2.22. The Morgan fingerprint density at radius 1 is 1.75 bits per heavy atom. The molecule has 0 aliphatic carbocycles. The van der Waals surface area contributed by atoms with Crippen LogP contribution >= 0.6 is 8.03 Å². The van der Waals surface area contributed by atoms with E-state index in [0.29, 0.717) is 0 Å². The summed E-state index contributed by atoms with van der Waals surface area (Å²) in [5.74, 6) is -0.519. The molecule has 2 atom stereocenters. The number of nitrogens with two attached hydrogens (primary N) is 1. The summed E-state index contributed by atoms with van der Waals surface area (Å²) in [6, 6.07) is -0.781. The molecule has 0 spiro atoms. The van der Waals surface area contributed by atoms with Crippen LogP contribution in [0.5, 0.6) is 0 Å². The summed E-state index contributed by atoms with van der Waals surface area (Å²) in [5.41, 5.74) is 5.34. The normalized spacial score (nSPS) is 13.8. The van der Waals surface area contributed by atoms with Crippen molar-refractivity contribution in [3.05, 3.63) is 0 Å². The number of ether oxygens (including phenoxy) is 1. The predicted molar refractivity (Wildman–Crippen MR) is 43.9 cm³/mol. The van der Waals surface area contributed by atoms with Crippen molar-refractivity contribution in [1.82, 2.24) is 0 Å². The van der Waals surface area contributed by atoms with E-state index in [0.717, 1.165) is 0 Å². The van der Waals surface area contributed by atoms with Gasteiger partial charge in [0.2, 0.25) is 0 Å². The van der Waals surface area contributed by atoms with Crippen molar-refractivity contribution >= 4 is 14.0 Å². The molecule has 1 unspecified atom stereocenters. The van der Waals surface area contributed by atoms with E-state index < -0.39 is 20.0 Å². The summed E-state index contributed by atoms with van der Waals surface area (Å²) >= 11 is 0. The van der Waals surface area contributed by atoms with Gasteiger partial charge in [0.1, 0.15) is 6.04 Å². The van der Waals surface area contributed by atoms with Crippen molar-refractivity contribution in [2.45, 2.75) is 19.4 Å². The fourth-order valence-electron chi connectivity index (χ4n) is 0.617. The van der Waals surface area contributed by atoms with E-state index in [1.165, 1.54) is 0 Å². The van der Waals surface area contributed by atoms with Crippen LogP contribution in [0.1, 0.15) is 13.3 Å². The number of rotatable bonds is 5. The minimum absolute atomic E-state index is 0.0370. The summed E-state index contributed by atoms with van der Waals surface area (Å²) in [6.07, 6.45) is 0.222. The van der Waals surface area contributed by atoms with Crippen molar-refractivity contribution in [3.8, 4) is 0 Å². The predicted octanol–water partition coefficient (Wildman–Crippen LogP) is 0.00160. The lowest BCUT2D eigenvalue weighted by Gasteiger charge is -2.06. The van der Waals surface area contributed by atoms with E-state index in [1.807, 2.05) is 0 Å². The van der Waals surface area contributed by atoms with Crippen molar-refractivity contribution in [3.63, 3.8) is 0 Å². The summed E-state index contributed by atoms with van der Waals surface area (Å²) < 4.78 is 14.8. The van der Waals surface area contributed by atoms with Crippen LogP contribution in [-0.4, -0.2) is 29.7 Å². The van der Waals surface area contributed by atoms with Gasteiger partial charge in [-0.3, -0.25) is 4.79 Å². The third-order valence-corrected chi connectivity index (χ3v) is 1.86. The molecule has 70 valence electrons. The maximum absolute atomic E-state index is 10.8. The van der Waals surface area contributed by atoms with Crippen LogP contribution in [0, 0.1) is 0 Å². The Labute approximate surface area is 71.8 Å². The molecule has 0 aromatic carbocycles. The zero-order chi connectivity index (χ0) is 9.56. The Morgan fingerprint density at radius 3 is 2.75 bits per heavy atom. The fourth-order valence-corrected chi connectivity index (χ4v) is 1.12. The van der Waals surface area contributed by atoms with Gasteiger partial charge in [-0.25, -0.2) is 0 Å². The Hall–Kier alpha value is -0.510. The molecule has 0 heterocycles. The van der Waals surface area contributed by atoms with Gasteiger partial charge >= 0.3 is 14.0 Å². The minimum Gasteiger partial charge on any atom is -0.465 e. The molecule has 0 amide bonds. The van der Waals surface area contributed by atoms with E-state index in [9.17, 15) is 9.36 Å². The molecule has 0 bridgehead atoms. The van der Waals surface area contributed by atoms with Crippen molar-refractivity contribution in [2.75, 3.05) is 12.8 Å². The quantitative estimate of drug-likeness (QED) is 0.475. The largest absolute Gasteiger partial charge is 0.505 e. The van der Waals surface area contributed by atoms with Gasteiger partial charge in [0, 0.05) is 6.42 Å². The number of carbonyl (C=O) groups is 1. The summed E-state index contributed by atoms with van der Waals surface area (Å²) in [7, 11) is -2.20. The molecule has 0 fully saturated rings. The van der Waals surface area contributed by atoms with Gasteiger partial charge in [-0.1, -0.05) is 0 Å². The number of hydrogen-bond donors (Lipinski definition) is 2. The lowest BCUT2D eigenvalue weighted by Crippen LogP contribution is -2.32. The van der Waals surface area contributed by atoms with Crippen LogP contribution in [0.3, 0.4) is 0 Å². The third kappa shape index (κ3) is 5.18. The molecule has 0 aromatic heterocycles. The van der Waals surface area contributed by atoms with Gasteiger partial charge in [-0.2, -0.15) is 4.89 Å². The zero-order valence-corrected chi connectivity index (χ0v) is 7.79. The highest BCUT2D eigenvalue weighted by Crippen LogP contribution is 2.14. The monoisotopic (exact) mass is 194 g/mol. The first-order chi connectivity index (χ1) is 5.57. The molecule has 0 radical (unpaired) electrons. The first-order valence-electron chi connectivity index (χ1n) is 3.63. The van der Waals surface area contributed by atoms with Gasteiger partial charge in [0.15, 0.2) is 6.16 Å². The molecule has 0 aliphatic heterocycles. The number of esters is 1. The smallest absolute Gasteiger partial charge is 0.465 e. The second-order valence-corrected chi connectivity index (χ2v) is 3.37. The molecule has 0 aliphatic rings. The molecular weight excluding hydrogens is 181 g/mol. The fraction of sp³-hybridized carbons (Fsp3) is 0.833. The van der Waals surface area contributed by atoms with E-state index >= 15 is 0 Å². The highest BCUT2D eigenvalue weighted by molar-refractivity contribution is 7.37. The first-order valence-corrected chi connectivity index (χ1v) is 5.03. The molecule has 0 saturated heterocycles. The third-order valence-electron chi connectivity index (χ3n) is 1.22. The molecular formula is C6H13NO4P+. The Morgan fingerprint density at radius 2 is 2.33 bits per heavy atom. The Bertz CT molecular complexity index is 173. The summed E-state index contributed by atoms with van der Waals surface area (Å²) in [5, 5.41) is 0. The van der Waals surface area contributed by atoms with Gasteiger partial charge in [-0.15, -0.1) is 0 Å². The zero-order valence-electron chi connectivity index (χ0n) is 6.90. The Kier molecular flexibility index (Phi) is 5.80. The lowest BCUT2D eigenvalue weighted by atomic mass is 10.2. The molecule has 5 nitrogen and oxygen atoms in total. The number of hydrogen-bond acceptors (Lipinski definition) is 4. The van der Waals surface area contributed by atoms with Crippen LogP contribution in [0.4, 0.5) is 0 Å². The maximum atomic E-state index is 10.8. The molecule has 0 aromatic rings. The topological polar surface area (TPSA) is 89.6 Å². The average Bonchev–Trinajstić information content (AvgIpc) is 2.00. The lowest BCUT2D eigenvalue weighted by molar-refractivity contribution is -0.144. The Balaban J connectivity index is 3.63. The van der Waals surface area contributed by atoms with Gasteiger partial charge < -0.3 is 10.5 Å². The molecule has 6 heteroatoms. The average molecular weight is 194 g/mol. The van der Waals surface area contributed by atoms with Crippen LogP contribution in [0.25, 0.3) is 0 Å². The van der Waals surface area contributed by atoms with Gasteiger partial charge in [-0.05, 0) is 11.5 Å². The first kappa shape index (κ1) is 11.5. The minimum atomic E-state index is -2.20. The van der Waals surface area contributed by atoms with Crippen LogP contribution in [0.15, 0.2) is 0 Å². The maximum Gasteiger partial charge on any atom is 0.505 e. The standard InChI is InChI=1S/C6H12NO4P/c1-2-11-6(8)5(7)3-4-12(9)10/h5H,2-4,7H2,1H3/p+1/t5-/m0/s1. The van der Waals surface area contributed by atoms with Gasteiger partial charge in [0.05, 0.1) is 6.61 Å². The summed E-state index contributed by atoms with van der Waals surface area (Å²) in [6.45, 7) is 1.95. The van der Waals surface area contributed by atoms with Crippen molar-refractivity contribution in [1.29, 1.82) is 0 Å². The van der Waals surface area contributed by atoms with Gasteiger partial charge in [0.25, 0.3) is 0 Å². The van der Waals surface area contributed by atoms with E-state index in [1.54, 1.807) is 6.92 Å². The number of carbonyl (C=O) groups excluding carboxylic acids is 1. The van der Waals surface area contributed by atoms with E-state index in [4.69, 9.17) is 10.6 Å². The molecule has 3 N–H and O–H groups in total. The molecule has 12 heavy (non-hydrogen) atoms. The van der Waals surface area contributed by atoms with Crippen molar-refractivity contribution < 1.29 is 19.0 Å². The van der Waals surface area contributed by atoms with Crippen LogP contribution in [-0.2, 0) is 14.1 Å². The van der Waals surface area contributed by atoms with Crippen LogP contribution in [0.2, 0.25) is 0 Å². The van der Waals surface area contributed by atoms with E-state index in [-0.39, 0.29) is 19.2 Å². The van der Waals surface area contributed by atoms with Crippen molar-refractivity contribution in [2.24, 2.45) is 5.73 Å². The highest BCUT2D eigenvalue weighted by atomic mass is 31.1. The molecule has 0 saturated carbocycles.